The van der Waals surface area contributed by atoms with Gasteiger partial charge in [0, 0.05) is 12.8 Å². The van der Waals surface area contributed by atoms with Crippen LogP contribution in [0.2, 0.25) is 0 Å². The maximum atomic E-state index is 11.4. The molecule has 0 bridgehead atoms. The Kier molecular flexibility index (Phi) is 9.40. The molecule has 0 radical (unpaired) electrons. The third-order valence-corrected chi connectivity index (χ3v) is 2.18. The number of carbonyl (C=O) groups is 2. The van der Waals surface area contributed by atoms with Gasteiger partial charge in [-0.25, -0.2) is 0 Å². The first-order chi connectivity index (χ1) is 8.06. The fourth-order valence-electron chi connectivity index (χ4n) is 1.23. The molecule has 0 spiro atoms. The minimum atomic E-state index is -0.267. The van der Waals surface area contributed by atoms with E-state index in [-0.39, 0.29) is 18.2 Å². The van der Waals surface area contributed by atoms with Gasteiger partial charge in [-0.2, -0.15) is 0 Å². The molecular weight excluding hydrogens is 216 g/mol. The molecule has 0 unspecified atom stereocenters. The Morgan fingerprint density at radius 2 is 1.82 bits per heavy atom. The highest BCUT2D eigenvalue weighted by Crippen LogP contribution is 2.03. The van der Waals surface area contributed by atoms with E-state index >= 15 is 0 Å². The van der Waals surface area contributed by atoms with Crippen LogP contribution >= 0.6 is 0 Å². The van der Waals surface area contributed by atoms with Gasteiger partial charge in [0.2, 0.25) is 0 Å². The van der Waals surface area contributed by atoms with Crippen molar-refractivity contribution in [2.24, 2.45) is 5.92 Å². The summed E-state index contributed by atoms with van der Waals surface area (Å²) >= 11 is 0. The lowest BCUT2D eigenvalue weighted by Crippen LogP contribution is -2.11. The third-order valence-electron chi connectivity index (χ3n) is 2.18. The molecule has 3 heteroatoms. The van der Waals surface area contributed by atoms with Crippen LogP contribution in [0.3, 0.4) is 0 Å². The van der Waals surface area contributed by atoms with Gasteiger partial charge in [-0.3, -0.25) is 9.59 Å². The van der Waals surface area contributed by atoms with Gasteiger partial charge in [0.1, 0.15) is 5.78 Å². The van der Waals surface area contributed by atoms with Crippen LogP contribution in [0.25, 0.3) is 0 Å². The third kappa shape index (κ3) is 11.1. The summed E-state index contributed by atoms with van der Waals surface area (Å²) in [5, 5.41) is 0. The zero-order valence-electron chi connectivity index (χ0n) is 11.2. The summed E-state index contributed by atoms with van der Waals surface area (Å²) in [6.45, 7) is 6.46. The molecule has 17 heavy (non-hydrogen) atoms. The summed E-state index contributed by atoms with van der Waals surface area (Å²) in [7, 11) is 0. The molecule has 0 aromatic rings. The van der Waals surface area contributed by atoms with Crippen molar-refractivity contribution in [2.45, 2.75) is 52.9 Å². The van der Waals surface area contributed by atoms with Crippen molar-refractivity contribution in [3.63, 3.8) is 0 Å². The number of allylic oxidation sites excluding steroid dienone is 2. The summed E-state index contributed by atoms with van der Waals surface area (Å²) in [6, 6.07) is 0. The number of carbonyl (C=O) groups excluding carboxylic acids is 2. The number of hydrogen-bond donors (Lipinski definition) is 0. The van der Waals surface area contributed by atoms with E-state index in [1.54, 1.807) is 0 Å². The fraction of sp³-hybridized carbons (Fsp3) is 0.714. The molecule has 98 valence electrons. The normalized spacial score (nSPS) is 11.1. The summed E-state index contributed by atoms with van der Waals surface area (Å²) in [4.78, 5) is 22.6. The van der Waals surface area contributed by atoms with Gasteiger partial charge in [-0.05, 0) is 18.8 Å². The predicted molar refractivity (Wildman–Crippen MR) is 68.7 cm³/mol. The highest BCUT2D eigenvalue weighted by atomic mass is 16.5. The minimum absolute atomic E-state index is 0.132. The highest BCUT2D eigenvalue weighted by molar-refractivity contribution is 5.82. The van der Waals surface area contributed by atoms with Crippen LogP contribution in [0, 0.1) is 5.92 Å². The predicted octanol–water partition coefficient (Wildman–Crippen LogP) is 3.28. The maximum absolute atomic E-state index is 11.4. The van der Waals surface area contributed by atoms with Gasteiger partial charge in [0.15, 0.2) is 0 Å². The van der Waals surface area contributed by atoms with E-state index in [1.807, 2.05) is 26.0 Å². The molecule has 0 N–H and O–H groups in total. The van der Waals surface area contributed by atoms with Crippen LogP contribution in [0.1, 0.15) is 52.9 Å². The molecule has 0 aliphatic heterocycles. The number of ketones is 1. The topological polar surface area (TPSA) is 43.4 Å². The zero-order chi connectivity index (χ0) is 13.1. The zero-order valence-corrected chi connectivity index (χ0v) is 11.2. The smallest absolute Gasteiger partial charge is 0.306 e. The van der Waals surface area contributed by atoms with Crippen molar-refractivity contribution >= 4 is 11.8 Å². The summed E-state index contributed by atoms with van der Waals surface area (Å²) in [5.41, 5.74) is 0. The molecule has 0 rings (SSSR count). The molecule has 0 saturated carbocycles. The Labute approximate surface area is 104 Å². The number of rotatable bonds is 9. The van der Waals surface area contributed by atoms with Gasteiger partial charge in [0.05, 0.1) is 13.0 Å². The first-order valence-corrected chi connectivity index (χ1v) is 6.38. The van der Waals surface area contributed by atoms with Crippen LogP contribution in [0.5, 0.6) is 0 Å². The number of ether oxygens (including phenoxy) is 1. The van der Waals surface area contributed by atoms with Crippen molar-refractivity contribution in [3.05, 3.63) is 12.2 Å². The van der Waals surface area contributed by atoms with Crippen LogP contribution in [0.4, 0.5) is 0 Å². The van der Waals surface area contributed by atoms with E-state index in [0.717, 1.165) is 12.8 Å². The fourth-order valence-corrected chi connectivity index (χ4v) is 1.23. The molecule has 3 nitrogen and oxygen atoms in total. The van der Waals surface area contributed by atoms with Gasteiger partial charge < -0.3 is 4.74 Å². The lowest BCUT2D eigenvalue weighted by Gasteiger charge is -2.06. The molecule has 0 fully saturated rings. The standard InChI is InChI=1S/C14H24O3/c1-4-5-6-7-8-13(15)9-10-14(16)17-11-12(2)3/h5-6,12H,4,7-11H2,1-3H3/b6-5-. The van der Waals surface area contributed by atoms with Crippen molar-refractivity contribution in [3.8, 4) is 0 Å². The summed E-state index contributed by atoms with van der Waals surface area (Å²) < 4.78 is 4.99. The second-order valence-corrected chi connectivity index (χ2v) is 4.53. The van der Waals surface area contributed by atoms with Gasteiger partial charge in [0.25, 0.3) is 0 Å². The average Bonchev–Trinajstić information content (AvgIpc) is 2.29. The molecule has 0 aromatic carbocycles. The Morgan fingerprint density at radius 1 is 1.12 bits per heavy atom. The molecule has 0 aromatic heterocycles. The largest absolute Gasteiger partial charge is 0.465 e. The lowest BCUT2D eigenvalue weighted by atomic mass is 10.1. The summed E-state index contributed by atoms with van der Waals surface area (Å²) in [6.07, 6.45) is 6.86. The van der Waals surface area contributed by atoms with E-state index in [2.05, 4.69) is 6.92 Å². The monoisotopic (exact) mass is 240 g/mol. The van der Waals surface area contributed by atoms with E-state index in [1.165, 1.54) is 0 Å². The van der Waals surface area contributed by atoms with Crippen LogP contribution in [-0.2, 0) is 14.3 Å². The SMILES string of the molecule is CC/C=C\CCC(=O)CCC(=O)OCC(C)C. The van der Waals surface area contributed by atoms with E-state index < -0.39 is 0 Å². The van der Waals surface area contributed by atoms with Crippen molar-refractivity contribution < 1.29 is 14.3 Å². The first kappa shape index (κ1) is 15.9. The Balaban J connectivity index is 3.55. The molecule has 0 saturated heterocycles. The van der Waals surface area contributed by atoms with E-state index in [0.29, 0.717) is 25.4 Å². The highest BCUT2D eigenvalue weighted by Gasteiger charge is 2.08. The van der Waals surface area contributed by atoms with Crippen LogP contribution in [-0.4, -0.2) is 18.4 Å². The van der Waals surface area contributed by atoms with Gasteiger partial charge in [-0.15, -0.1) is 0 Å². The van der Waals surface area contributed by atoms with Crippen molar-refractivity contribution in [2.75, 3.05) is 6.61 Å². The second-order valence-electron chi connectivity index (χ2n) is 4.53. The number of esters is 1. The quantitative estimate of drug-likeness (QED) is 0.459. The second kappa shape index (κ2) is 10.1. The minimum Gasteiger partial charge on any atom is -0.465 e. The lowest BCUT2D eigenvalue weighted by molar-refractivity contribution is -0.145. The molecular formula is C14H24O3. The van der Waals surface area contributed by atoms with Crippen LogP contribution in [0.15, 0.2) is 12.2 Å². The molecule has 0 aliphatic carbocycles. The van der Waals surface area contributed by atoms with Gasteiger partial charge in [-0.1, -0.05) is 32.9 Å². The van der Waals surface area contributed by atoms with E-state index in [4.69, 9.17) is 4.74 Å². The Morgan fingerprint density at radius 3 is 2.41 bits per heavy atom. The molecule has 0 atom stereocenters. The Bertz CT molecular complexity index is 254. The Hall–Kier alpha value is -1.12. The first-order valence-electron chi connectivity index (χ1n) is 6.38. The van der Waals surface area contributed by atoms with Gasteiger partial charge >= 0.3 is 5.97 Å². The molecule has 0 aliphatic rings. The van der Waals surface area contributed by atoms with Crippen molar-refractivity contribution in [1.29, 1.82) is 0 Å². The molecule has 0 heterocycles. The maximum Gasteiger partial charge on any atom is 0.306 e. The van der Waals surface area contributed by atoms with Crippen LogP contribution < -0.4 is 0 Å². The number of Topliss-reactive ketones (excluding diaryl/α,β-unsaturated/α-hetero) is 1. The van der Waals surface area contributed by atoms with E-state index in [9.17, 15) is 9.59 Å². The average molecular weight is 240 g/mol. The number of hydrogen-bond acceptors (Lipinski definition) is 3. The summed E-state index contributed by atoms with van der Waals surface area (Å²) in [5.74, 6) is 0.206. The molecule has 0 amide bonds. The van der Waals surface area contributed by atoms with Crippen molar-refractivity contribution in [1.82, 2.24) is 0 Å².